The third-order valence-electron chi connectivity index (χ3n) is 2.12. The standard InChI is InChI=1S/C9H18O3/c1-7(4-10)8-5-11-6-9(2,3)12-8/h7-8,10H,4-6H2,1-3H3/t7-,8?/m0/s1. The second kappa shape index (κ2) is 3.73. The molecule has 72 valence electrons. The van der Waals surface area contributed by atoms with Gasteiger partial charge in [0, 0.05) is 12.5 Å². The van der Waals surface area contributed by atoms with Crippen LogP contribution in [0.25, 0.3) is 0 Å². The van der Waals surface area contributed by atoms with Gasteiger partial charge in [-0.05, 0) is 13.8 Å². The van der Waals surface area contributed by atoms with E-state index in [9.17, 15) is 0 Å². The number of ether oxygens (including phenoxy) is 2. The monoisotopic (exact) mass is 174 g/mol. The lowest BCUT2D eigenvalue weighted by Gasteiger charge is -2.38. The minimum Gasteiger partial charge on any atom is -0.396 e. The molecule has 0 radical (unpaired) electrons. The maximum Gasteiger partial charge on any atom is 0.0864 e. The third-order valence-corrected chi connectivity index (χ3v) is 2.12. The summed E-state index contributed by atoms with van der Waals surface area (Å²) in [6.45, 7) is 7.37. The Bertz CT molecular complexity index is 145. The number of aliphatic hydroxyl groups excluding tert-OH is 1. The highest BCUT2D eigenvalue weighted by Gasteiger charge is 2.31. The van der Waals surface area contributed by atoms with Gasteiger partial charge in [0.25, 0.3) is 0 Å². The van der Waals surface area contributed by atoms with E-state index in [2.05, 4.69) is 0 Å². The Labute approximate surface area is 73.7 Å². The third kappa shape index (κ3) is 2.44. The zero-order valence-electron chi connectivity index (χ0n) is 8.04. The van der Waals surface area contributed by atoms with Gasteiger partial charge in [0.1, 0.15) is 0 Å². The van der Waals surface area contributed by atoms with Crippen LogP contribution >= 0.6 is 0 Å². The molecule has 1 unspecified atom stereocenters. The second-order valence-electron chi connectivity index (χ2n) is 4.09. The van der Waals surface area contributed by atoms with Gasteiger partial charge in [-0.15, -0.1) is 0 Å². The second-order valence-corrected chi connectivity index (χ2v) is 4.09. The average molecular weight is 174 g/mol. The van der Waals surface area contributed by atoms with Crippen molar-refractivity contribution in [2.75, 3.05) is 19.8 Å². The maximum absolute atomic E-state index is 8.92. The lowest BCUT2D eigenvalue weighted by molar-refractivity contribution is -0.199. The summed E-state index contributed by atoms with van der Waals surface area (Å²) in [5.41, 5.74) is -0.202. The van der Waals surface area contributed by atoms with E-state index in [1.165, 1.54) is 0 Å². The first kappa shape index (κ1) is 9.96. The van der Waals surface area contributed by atoms with Crippen molar-refractivity contribution in [3.05, 3.63) is 0 Å². The van der Waals surface area contributed by atoms with Crippen LogP contribution < -0.4 is 0 Å². The fourth-order valence-electron chi connectivity index (χ4n) is 1.30. The fraction of sp³-hybridized carbons (Fsp3) is 1.00. The summed E-state index contributed by atoms with van der Waals surface area (Å²) in [4.78, 5) is 0. The molecule has 1 aliphatic rings. The summed E-state index contributed by atoms with van der Waals surface area (Å²) in [5.74, 6) is 0.157. The highest BCUT2D eigenvalue weighted by Crippen LogP contribution is 2.22. The molecule has 1 fully saturated rings. The normalized spacial score (nSPS) is 31.5. The molecule has 0 aromatic heterocycles. The average Bonchev–Trinajstić information content (AvgIpc) is 2.01. The largest absolute Gasteiger partial charge is 0.396 e. The summed E-state index contributed by atoms with van der Waals surface area (Å²) >= 11 is 0. The number of hydrogen-bond donors (Lipinski definition) is 1. The van der Waals surface area contributed by atoms with E-state index in [0.717, 1.165) is 0 Å². The minimum absolute atomic E-state index is 0.0405. The summed E-state index contributed by atoms with van der Waals surface area (Å²) in [7, 11) is 0. The Morgan fingerprint density at radius 1 is 1.58 bits per heavy atom. The van der Waals surface area contributed by atoms with Crippen molar-refractivity contribution in [1.29, 1.82) is 0 Å². The van der Waals surface area contributed by atoms with Crippen LogP contribution in [0.4, 0.5) is 0 Å². The van der Waals surface area contributed by atoms with Crippen molar-refractivity contribution in [3.8, 4) is 0 Å². The maximum atomic E-state index is 8.92. The quantitative estimate of drug-likeness (QED) is 0.673. The van der Waals surface area contributed by atoms with Crippen molar-refractivity contribution < 1.29 is 14.6 Å². The molecule has 0 aromatic carbocycles. The molecule has 1 N–H and O–H groups in total. The Balaban J connectivity index is 2.46. The van der Waals surface area contributed by atoms with E-state index >= 15 is 0 Å². The van der Waals surface area contributed by atoms with Crippen LogP contribution in [0.15, 0.2) is 0 Å². The number of hydrogen-bond acceptors (Lipinski definition) is 3. The molecule has 1 saturated heterocycles. The van der Waals surface area contributed by atoms with Crippen LogP contribution in [0.5, 0.6) is 0 Å². The summed E-state index contributed by atoms with van der Waals surface area (Å²) < 4.78 is 11.1. The molecule has 0 spiro atoms. The fourth-order valence-corrected chi connectivity index (χ4v) is 1.30. The van der Waals surface area contributed by atoms with E-state index in [0.29, 0.717) is 13.2 Å². The van der Waals surface area contributed by atoms with Crippen molar-refractivity contribution >= 4 is 0 Å². The van der Waals surface area contributed by atoms with E-state index in [-0.39, 0.29) is 24.2 Å². The van der Waals surface area contributed by atoms with Crippen LogP contribution in [0, 0.1) is 5.92 Å². The predicted molar refractivity (Wildman–Crippen MR) is 46.0 cm³/mol. The smallest absolute Gasteiger partial charge is 0.0864 e. The first-order valence-electron chi connectivity index (χ1n) is 4.41. The molecule has 1 heterocycles. The summed E-state index contributed by atoms with van der Waals surface area (Å²) in [5, 5.41) is 8.92. The van der Waals surface area contributed by atoms with Gasteiger partial charge in [0.15, 0.2) is 0 Å². The summed E-state index contributed by atoms with van der Waals surface area (Å²) in [6, 6.07) is 0. The molecule has 0 aromatic rings. The molecule has 0 bridgehead atoms. The molecule has 2 atom stereocenters. The van der Waals surface area contributed by atoms with Crippen molar-refractivity contribution in [3.63, 3.8) is 0 Å². The van der Waals surface area contributed by atoms with Gasteiger partial charge in [0.2, 0.25) is 0 Å². The molecule has 1 aliphatic heterocycles. The van der Waals surface area contributed by atoms with E-state index in [4.69, 9.17) is 14.6 Å². The van der Waals surface area contributed by atoms with E-state index in [1.54, 1.807) is 0 Å². The number of aliphatic hydroxyl groups is 1. The lowest BCUT2D eigenvalue weighted by atomic mass is 10.0. The van der Waals surface area contributed by atoms with Crippen LogP contribution in [0.2, 0.25) is 0 Å². The SMILES string of the molecule is C[C@@H](CO)C1COCC(C)(C)O1. The number of rotatable bonds is 2. The van der Waals surface area contributed by atoms with Gasteiger partial charge in [-0.1, -0.05) is 6.92 Å². The minimum atomic E-state index is -0.202. The topological polar surface area (TPSA) is 38.7 Å². The lowest BCUT2D eigenvalue weighted by Crippen LogP contribution is -2.46. The Morgan fingerprint density at radius 2 is 2.25 bits per heavy atom. The van der Waals surface area contributed by atoms with Crippen molar-refractivity contribution in [2.24, 2.45) is 5.92 Å². The highest BCUT2D eigenvalue weighted by molar-refractivity contribution is 4.78. The molecule has 0 aliphatic carbocycles. The van der Waals surface area contributed by atoms with E-state index in [1.807, 2.05) is 20.8 Å². The molecule has 3 heteroatoms. The predicted octanol–water partition coefficient (Wildman–Crippen LogP) is 0.809. The first-order chi connectivity index (χ1) is 5.55. The van der Waals surface area contributed by atoms with Gasteiger partial charge >= 0.3 is 0 Å². The highest BCUT2D eigenvalue weighted by atomic mass is 16.6. The Kier molecular flexibility index (Phi) is 3.09. The molecule has 0 saturated carbocycles. The summed E-state index contributed by atoms with van der Waals surface area (Å²) in [6.07, 6.45) is 0.0405. The van der Waals surface area contributed by atoms with Crippen LogP contribution in [0.3, 0.4) is 0 Å². The first-order valence-corrected chi connectivity index (χ1v) is 4.41. The molecule has 3 nitrogen and oxygen atoms in total. The van der Waals surface area contributed by atoms with Gasteiger partial charge in [-0.3, -0.25) is 0 Å². The van der Waals surface area contributed by atoms with Crippen LogP contribution in [-0.4, -0.2) is 36.6 Å². The van der Waals surface area contributed by atoms with Gasteiger partial charge < -0.3 is 14.6 Å². The zero-order valence-corrected chi connectivity index (χ0v) is 8.04. The van der Waals surface area contributed by atoms with Gasteiger partial charge in [0.05, 0.1) is 24.9 Å². The molecular weight excluding hydrogens is 156 g/mol. The van der Waals surface area contributed by atoms with Crippen molar-refractivity contribution in [1.82, 2.24) is 0 Å². The van der Waals surface area contributed by atoms with Crippen LogP contribution in [0.1, 0.15) is 20.8 Å². The molecule has 0 amide bonds. The van der Waals surface area contributed by atoms with Crippen LogP contribution in [-0.2, 0) is 9.47 Å². The Morgan fingerprint density at radius 3 is 2.75 bits per heavy atom. The zero-order chi connectivity index (χ0) is 9.19. The van der Waals surface area contributed by atoms with Crippen molar-refractivity contribution in [2.45, 2.75) is 32.5 Å². The Hall–Kier alpha value is -0.120. The van der Waals surface area contributed by atoms with E-state index < -0.39 is 0 Å². The molecule has 1 rings (SSSR count). The van der Waals surface area contributed by atoms with Gasteiger partial charge in [-0.25, -0.2) is 0 Å². The van der Waals surface area contributed by atoms with Gasteiger partial charge in [-0.2, -0.15) is 0 Å². The molecule has 12 heavy (non-hydrogen) atoms. The molecular formula is C9H18O3.